The number of hydrogen-bond acceptors (Lipinski definition) is 10. The number of thiazole rings is 1. The Kier molecular flexibility index (Phi) is 8.19. The molecular weight excluding hydrogens is 598 g/mol. The van der Waals surface area contributed by atoms with Crippen molar-refractivity contribution in [2.75, 3.05) is 23.8 Å². The van der Waals surface area contributed by atoms with Gasteiger partial charge in [-0.1, -0.05) is 34.8 Å². The standard InChI is InChI=1S/C26H22Cl3FN8OS/c1-12-26(40-11-35-12)25(19(32)8-38(33)15-9-39-10-15)36-14-4-16-23(13(6-31)7-34-24(16)18(28)5-14)37-20-3-2-17(27)21(29)22(20)30/h2-5,7-8,11,15,25,36H,9-10,32-33H2,1H3,(H,34,37)/b19-8-/t25-/m1/s1. The highest BCUT2D eigenvalue weighted by atomic mass is 35.5. The number of nitrogens with zero attached hydrogens (tertiary/aromatic N) is 4. The van der Waals surface area contributed by atoms with E-state index in [4.69, 9.17) is 51.1 Å². The van der Waals surface area contributed by atoms with Gasteiger partial charge in [-0.3, -0.25) is 4.98 Å². The number of nitriles is 1. The number of aromatic nitrogens is 2. The van der Waals surface area contributed by atoms with Crippen molar-refractivity contribution in [3.05, 3.63) is 84.9 Å². The van der Waals surface area contributed by atoms with Gasteiger partial charge in [0.05, 0.1) is 78.6 Å². The lowest BCUT2D eigenvalue weighted by atomic mass is 10.1. The van der Waals surface area contributed by atoms with E-state index in [1.165, 1.54) is 34.7 Å². The first-order valence-corrected chi connectivity index (χ1v) is 13.9. The molecule has 0 saturated carbocycles. The van der Waals surface area contributed by atoms with Gasteiger partial charge in [0.25, 0.3) is 0 Å². The molecule has 2 aromatic carbocycles. The zero-order chi connectivity index (χ0) is 28.6. The molecule has 1 fully saturated rings. The molecule has 40 heavy (non-hydrogen) atoms. The second-order valence-corrected chi connectivity index (χ2v) is 11.1. The normalized spacial score (nSPS) is 14.5. The predicted octanol–water partition coefficient (Wildman–Crippen LogP) is 6.24. The Morgan fingerprint density at radius 2 is 2.05 bits per heavy atom. The molecule has 1 saturated heterocycles. The van der Waals surface area contributed by atoms with E-state index in [-0.39, 0.29) is 27.3 Å². The van der Waals surface area contributed by atoms with Crippen molar-refractivity contribution >= 4 is 74.1 Å². The molecule has 0 bridgehead atoms. The van der Waals surface area contributed by atoms with Crippen LogP contribution in [0, 0.1) is 24.1 Å². The van der Waals surface area contributed by atoms with E-state index in [2.05, 4.69) is 26.7 Å². The molecule has 0 spiro atoms. The van der Waals surface area contributed by atoms with Crippen LogP contribution in [0.5, 0.6) is 0 Å². The first-order valence-electron chi connectivity index (χ1n) is 11.8. The van der Waals surface area contributed by atoms with Gasteiger partial charge in [0, 0.05) is 23.5 Å². The van der Waals surface area contributed by atoms with Crippen molar-refractivity contribution in [1.82, 2.24) is 15.0 Å². The summed E-state index contributed by atoms with van der Waals surface area (Å²) in [7, 11) is 0. The minimum atomic E-state index is -0.759. The van der Waals surface area contributed by atoms with E-state index in [0.717, 1.165) is 10.6 Å². The molecule has 206 valence electrons. The third kappa shape index (κ3) is 5.47. The molecule has 6 N–H and O–H groups in total. The van der Waals surface area contributed by atoms with E-state index in [9.17, 15) is 9.65 Å². The van der Waals surface area contributed by atoms with Crippen molar-refractivity contribution in [3.8, 4) is 6.07 Å². The largest absolute Gasteiger partial charge is 0.399 e. The van der Waals surface area contributed by atoms with Gasteiger partial charge < -0.3 is 26.1 Å². The van der Waals surface area contributed by atoms with Crippen LogP contribution in [0.1, 0.15) is 22.2 Å². The number of pyridine rings is 1. The minimum absolute atomic E-state index is 0.0289. The summed E-state index contributed by atoms with van der Waals surface area (Å²) in [4.78, 5) is 9.61. The summed E-state index contributed by atoms with van der Waals surface area (Å²) in [5, 5.41) is 18.3. The molecule has 1 aliphatic rings. The summed E-state index contributed by atoms with van der Waals surface area (Å²) < 4.78 is 20.2. The Labute approximate surface area is 248 Å². The van der Waals surface area contributed by atoms with Gasteiger partial charge in [0.2, 0.25) is 0 Å². The Bertz CT molecular complexity index is 1670. The van der Waals surface area contributed by atoms with Crippen molar-refractivity contribution in [2.24, 2.45) is 11.6 Å². The van der Waals surface area contributed by atoms with E-state index in [1.807, 2.05) is 6.92 Å². The van der Waals surface area contributed by atoms with Crippen molar-refractivity contribution in [3.63, 3.8) is 0 Å². The van der Waals surface area contributed by atoms with Crippen LogP contribution in [-0.4, -0.2) is 34.2 Å². The van der Waals surface area contributed by atoms with Crippen LogP contribution in [0.25, 0.3) is 10.9 Å². The number of hydrazine groups is 1. The number of halogens is 4. The van der Waals surface area contributed by atoms with Gasteiger partial charge in [-0.05, 0) is 31.2 Å². The lowest BCUT2D eigenvalue weighted by Crippen LogP contribution is -2.50. The first kappa shape index (κ1) is 28.2. The second kappa shape index (κ2) is 11.6. The van der Waals surface area contributed by atoms with Crippen molar-refractivity contribution < 1.29 is 9.13 Å². The molecule has 4 aromatic rings. The molecule has 14 heteroatoms. The summed E-state index contributed by atoms with van der Waals surface area (Å²) >= 11 is 20.1. The monoisotopic (exact) mass is 618 g/mol. The van der Waals surface area contributed by atoms with E-state index in [0.29, 0.717) is 46.2 Å². The molecule has 2 aromatic heterocycles. The number of anilines is 3. The highest BCUT2D eigenvalue weighted by Gasteiger charge is 2.25. The Balaban J connectivity index is 1.59. The lowest BCUT2D eigenvalue weighted by Gasteiger charge is -2.34. The molecule has 0 amide bonds. The quantitative estimate of drug-likeness (QED) is 0.103. The number of aryl methyl sites for hydroxylation is 1. The number of nitrogens with two attached hydrogens (primary N) is 2. The van der Waals surface area contributed by atoms with Crippen LogP contribution in [0.15, 0.2) is 47.9 Å². The average molecular weight is 620 g/mol. The molecule has 0 radical (unpaired) electrons. The molecule has 9 nitrogen and oxygen atoms in total. The Hall–Kier alpha value is -3.37. The van der Waals surface area contributed by atoms with Crippen LogP contribution in [-0.2, 0) is 4.74 Å². The molecule has 3 heterocycles. The van der Waals surface area contributed by atoms with Crippen LogP contribution in [0.2, 0.25) is 15.1 Å². The molecule has 1 atom stereocenters. The fraction of sp³-hybridized carbons (Fsp3) is 0.192. The molecule has 5 rings (SSSR count). The molecule has 1 aliphatic heterocycles. The summed E-state index contributed by atoms with van der Waals surface area (Å²) in [6.45, 7) is 2.92. The van der Waals surface area contributed by atoms with Crippen LogP contribution in [0.4, 0.5) is 21.5 Å². The zero-order valence-electron chi connectivity index (χ0n) is 20.9. The highest BCUT2D eigenvalue weighted by Crippen LogP contribution is 2.39. The van der Waals surface area contributed by atoms with E-state index in [1.54, 1.807) is 23.8 Å². The average Bonchev–Trinajstić information content (AvgIpc) is 3.31. The van der Waals surface area contributed by atoms with Gasteiger partial charge in [0.15, 0.2) is 5.82 Å². The topological polar surface area (TPSA) is 138 Å². The van der Waals surface area contributed by atoms with Gasteiger partial charge in [-0.25, -0.2) is 15.2 Å². The highest BCUT2D eigenvalue weighted by molar-refractivity contribution is 7.09. The summed E-state index contributed by atoms with van der Waals surface area (Å²) in [5.74, 6) is 5.44. The maximum atomic E-state index is 14.9. The SMILES string of the molecule is Cc1ncsc1[C@H](Nc1cc(Cl)c2ncc(C#N)c(Nc3ccc(Cl)c(Cl)c3F)c2c1)/C(N)=C/N(N)C1COC1. The van der Waals surface area contributed by atoms with Gasteiger partial charge in [-0.2, -0.15) is 5.26 Å². The molecule has 0 aliphatic carbocycles. The molecular formula is C26H22Cl3FN8OS. The Morgan fingerprint density at radius 3 is 2.70 bits per heavy atom. The lowest BCUT2D eigenvalue weighted by molar-refractivity contribution is -0.0494. The van der Waals surface area contributed by atoms with Crippen LogP contribution >= 0.6 is 46.1 Å². The number of ether oxygens (including phenoxy) is 1. The zero-order valence-corrected chi connectivity index (χ0v) is 24.0. The Morgan fingerprint density at radius 1 is 1.27 bits per heavy atom. The van der Waals surface area contributed by atoms with Gasteiger partial charge in [0.1, 0.15) is 12.1 Å². The van der Waals surface area contributed by atoms with Gasteiger partial charge >= 0.3 is 0 Å². The predicted molar refractivity (Wildman–Crippen MR) is 157 cm³/mol. The maximum absolute atomic E-state index is 14.9. The fourth-order valence-corrected chi connectivity index (χ4v) is 5.58. The third-order valence-corrected chi connectivity index (χ3v) is 8.43. The van der Waals surface area contributed by atoms with Crippen LogP contribution in [0.3, 0.4) is 0 Å². The maximum Gasteiger partial charge on any atom is 0.166 e. The van der Waals surface area contributed by atoms with Gasteiger partial charge in [-0.15, -0.1) is 11.3 Å². The number of benzene rings is 2. The number of rotatable bonds is 8. The number of nitrogens with one attached hydrogen (secondary N) is 2. The van der Waals surface area contributed by atoms with E-state index < -0.39 is 11.9 Å². The van der Waals surface area contributed by atoms with Crippen molar-refractivity contribution in [1.29, 1.82) is 5.26 Å². The first-order chi connectivity index (χ1) is 19.2. The smallest absolute Gasteiger partial charge is 0.166 e. The molecule has 0 unspecified atom stereocenters. The minimum Gasteiger partial charge on any atom is -0.399 e. The van der Waals surface area contributed by atoms with Crippen LogP contribution < -0.4 is 22.2 Å². The third-order valence-electron chi connectivity index (χ3n) is 6.37. The van der Waals surface area contributed by atoms with Crippen molar-refractivity contribution in [2.45, 2.75) is 19.0 Å². The summed E-state index contributed by atoms with van der Waals surface area (Å²) in [6.07, 6.45) is 3.03. The number of hydrogen-bond donors (Lipinski definition) is 4. The second-order valence-electron chi connectivity index (χ2n) is 9.01. The van der Waals surface area contributed by atoms with E-state index >= 15 is 0 Å². The summed E-state index contributed by atoms with van der Waals surface area (Å²) in [5.41, 5.74) is 11.0. The number of fused-ring (bicyclic) bond motifs is 1. The summed E-state index contributed by atoms with van der Waals surface area (Å²) in [6, 6.07) is 7.95. The fourth-order valence-electron chi connectivity index (χ4n) is 4.12.